The topological polar surface area (TPSA) is 65.1 Å². The molecule has 2 fully saturated rings. The molecule has 1 aromatic carbocycles. The average Bonchev–Trinajstić information content (AvgIpc) is 2.68. The standard InChI is InChI=1S/C19H28N4O3/c1-21-11-12-23(17(14-21)15-7-4-3-5-8-15)18(24)20-16-9-6-10-22(13-16)19(25)26-2/h3-5,7-8,16-17H,6,9-14H2,1-2H3,(H,20,24). The Morgan fingerprint density at radius 1 is 1.12 bits per heavy atom. The fraction of sp³-hybridized carbons (Fsp3) is 0.579. The van der Waals surface area contributed by atoms with E-state index >= 15 is 0 Å². The molecule has 3 rings (SSSR count). The number of nitrogens with zero attached hydrogens (tertiary/aromatic N) is 3. The summed E-state index contributed by atoms with van der Waals surface area (Å²) in [5.74, 6) is 0. The molecule has 0 aliphatic carbocycles. The predicted molar refractivity (Wildman–Crippen MR) is 98.9 cm³/mol. The molecule has 26 heavy (non-hydrogen) atoms. The normalized spacial score (nSPS) is 24.2. The molecule has 0 spiro atoms. The Labute approximate surface area is 154 Å². The zero-order valence-electron chi connectivity index (χ0n) is 15.6. The summed E-state index contributed by atoms with van der Waals surface area (Å²) < 4.78 is 4.80. The molecule has 7 heteroatoms. The van der Waals surface area contributed by atoms with Crippen LogP contribution in [0.1, 0.15) is 24.4 Å². The zero-order chi connectivity index (χ0) is 18.5. The summed E-state index contributed by atoms with van der Waals surface area (Å²) in [6.45, 7) is 3.55. The summed E-state index contributed by atoms with van der Waals surface area (Å²) in [5, 5.41) is 3.13. The number of amides is 3. The maximum absolute atomic E-state index is 13.0. The second-order valence-corrected chi connectivity index (χ2v) is 7.09. The van der Waals surface area contributed by atoms with Crippen molar-refractivity contribution in [2.24, 2.45) is 0 Å². The van der Waals surface area contributed by atoms with E-state index in [0.29, 0.717) is 19.6 Å². The number of piperazine rings is 1. The van der Waals surface area contributed by atoms with Crippen molar-refractivity contribution in [2.75, 3.05) is 46.9 Å². The van der Waals surface area contributed by atoms with Crippen LogP contribution in [0.25, 0.3) is 0 Å². The van der Waals surface area contributed by atoms with E-state index in [-0.39, 0.29) is 24.2 Å². The van der Waals surface area contributed by atoms with Crippen LogP contribution < -0.4 is 5.32 Å². The van der Waals surface area contributed by atoms with Gasteiger partial charge in [-0.1, -0.05) is 30.3 Å². The quantitative estimate of drug-likeness (QED) is 0.875. The van der Waals surface area contributed by atoms with Gasteiger partial charge in [-0.05, 0) is 25.5 Å². The molecule has 3 amide bonds. The van der Waals surface area contributed by atoms with Gasteiger partial charge in [0.15, 0.2) is 0 Å². The molecular weight excluding hydrogens is 332 g/mol. The summed E-state index contributed by atoms with van der Waals surface area (Å²) in [5.41, 5.74) is 1.15. The number of hydrogen-bond donors (Lipinski definition) is 1. The Balaban J connectivity index is 1.66. The third-order valence-corrected chi connectivity index (χ3v) is 5.21. The van der Waals surface area contributed by atoms with Gasteiger partial charge in [-0.15, -0.1) is 0 Å². The molecule has 0 saturated carbocycles. The van der Waals surface area contributed by atoms with Gasteiger partial charge >= 0.3 is 12.1 Å². The predicted octanol–water partition coefficient (Wildman–Crippen LogP) is 1.92. The van der Waals surface area contributed by atoms with Crippen molar-refractivity contribution in [3.8, 4) is 0 Å². The lowest BCUT2D eigenvalue weighted by atomic mass is 10.0. The summed E-state index contributed by atoms with van der Waals surface area (Å²) in [6, 6.07) is 10.1. The molecule has 2 aliphatic heterocycles. The lowest BCUT2D eigenvalue weighted by Crippen LogP contribution is -2.56. The molecule has 2 aliphatic rings. The number of benzene rings is 1. The molecule has 2 unspecified atom stereocenters. The van der Waals surface area contributed by atoms with E-state index in [1.165, 1.54) is 7.11 Å². The van der Waals surface area contributed by atoms with Gasteiger partial charge in [-0.2, -0.15) is 0 Å². The lowest BCUT2D eigenvalue weighted by molar-refractivity contribution is 0.0943. The monoisotopic (exact) mass is 360 g/mol. The van der Waals surface area contributed by atoms with Crippen molar-refractivity contribution in [1.29, 1.82) is 0 Å². The highest BCUT2D eigenvalue weighted by Crippen LogP contribution is 2.25. The third-order valence-electron chi connectivity index (χ3n) is 5.21. The van der Waals surface area contributed by atoms with Crippen LogP contribution in [0.15, 0.2) is 30.3 Å². The number of methoxy groups -OCH3 is 1. The number of nitrogens with one attached hydrogen (secondary N) is 1. The molecule has 2 heterocycles. The van der Waals surface area contributed by atoms with Gasteiger partial charge in [0.05, 0.1) is 13.2 Å². The SMILES string of the molecule is COC(=O)N1CCCC(NC(=O)N2CCN(C)CC2c2ccccc2)C1. The van der Waals surface area contributed by atoms with Crippen LogP contribution in [-0.2, 0) is 4.74 Å². The molecule has 0 bridgehead atoms. The molecule has 2 saturated heterocycles. The van der Waals surface area contributed by atoms with Crippen molar-refractivity contribution in [3.05, 3.63) is 35.9 Å². The Hall–Kier alpha value is -2.28. The van der Waals surface area contributed by atoms with Gasteiger partial charge in [0, 0.05) is 38.8 Å². The summed E-state index contributed by atoms with van der Waals surface area (Å²) >= 11 is 0. The van der Waals surface area contributed by atoms with Gasteiger partial charge in [-0.25, -0.2) is 9.59 Å². The second kappa shape index (κ2) is 8.40. The number of carbonyl (C=O) groups is 2. The second-order valence-electron chi connectivity index (χ2n) is 7.09. The molecule has 0 radical (unpaired) electrons. The van der Waals surface area contributed by atoms with Crippen molar-refractivity contribution < 1.29 is 14.3 Å². The maximum Gasteiger partial charge on any atom is 0.409 e. The third kappa shape index (κ3) is 4.27. The molecule has 0 aromatic heterocycles. The Kier molecular flexibility index (Phi) is 5.98. The average molecular weight is 360 g/mol. The number of likely N-dealkylation sites (tertiary alicyclic amines) is 1. The molecule has 1 aromatic rings. The van der Waals surface area contributed by atoms with E-state index in [4.69, 9.17) is 4.74 Å². The van der Waals surface area contributed by atoms with E-state index in [1.807, 2.05) is 23.1 Å². The van der Waals surface area contributed by atoms with E-state index in [9.17, 15) is 9.59 Å². The number of urea groups is 1. The fourth-order valence-electron chi connectivity index (χ4n) is 3.77. The van der Waals surface area contributed by atoms with E-state index in [0.717, 1.165) is 31.5 Å². The first-order valence-corrected chi connectivity index (χ1v) is 9.22. The summed E-state index contributed by atoms with van der Waals surface area (Å²) in [6.07, 6.45) is 1.42. The smallest absolute Gasteiger partial charge is 0.409 e. The summed E-state index contributed by atoms with van der Waals surface area (Å²) in [7, 11) is 3.47. The number of piperidine rings is 1. The molecule has 1 N–H and O–H groups in total. The van der Waals surface area contributed by atoms with Crippen molar-refractivity contribution in [2.45, 2.75) is 24.9 Å². The minimum Gasteiger partial charge on any atom is -0.453 e. The van der Waals surface area contributed by atoms with Crippen LogP contribution in [-0.4, -0.2) is 79.7 Å². The number of hydrogen-bond acceptors (Lipinski definition) is 4. The van der Waals surface area contributed by atoms with Gasteiger partial charge in [-0.3, -0.25) is 0 Å². The number of likely N-dealkylation sites (N-methyl/N-ethyl adjacent to an activating group) is 1. The number of rotatable bonds is 2. The molecule has 2 atom stereocenters. The molecular formula is C19H28N4O3. The van der Waals surface area contributed by atoms with Crippen molar-refractivity contribution in [3.63, 3.8) is 0 Å². The minimum absolute atomic E-state index is 0.0357. The van der Waals surface area contributed by atoms with Crippen LogP contribution in [0.3, 0.4) is 0 Å². The fourth-order valence-corrected chi connectivity index (χ4v) is 3.77. The Morgan fingerprint density at radius 2 is 1.88 bits per heavy atom. The number of ether oxygens (including phenoxy) is 1. The molecule has 7 nitrogen and oxygen atoms in total. The van der Waals surface area contributed by atoms with E-state index in [2.05, 4.69) is 29.4 Å². The van der Waals surface area contributed by atoms with E-state index in [1.54, 1.807) is 4.90 Å². The Bertz CT molecular complexity index is 624. The highest BCUT2D eigenvalue weighted by Gasteiger charge is 2.32. The highest BCUT2D eigenvalue weighted by molar-refractivity contribution is 5.75. The zero-order valence-corrected chi connectivity index (χ0v) is 15.6. The highest BCUT2D eigenvalue weighted by atomic mass is 16.5. The van der Waals surface area contributed by atoms with Gasteiger partial charge in [0.1, 0.15) is 0 Å². The van der Waals surface area contributed by atoms with Gasteiger partial charge < -0.3 is 24.8 Å². The minimum atomic E-state index is -0.328. The largest absolute Gasteiger partial charge is 0.453 e. The van der Waals surface area contributed by atoms with E-state index < -0.39 is 0 Å². The lowest BCUT2D eigenvalue weighted by Gasteiger charge is -2.41. The van der Waals surface area contributed by atoms with Crippen LogP contribution >= 0.6 is 0 Å². The van der Waals surface area contributed by atoms with Gasteiger partial charge in [0.2, 0.25) is 0 Å². The van der Waals surface area contributed by atoms with Crippen molar-refractivity contribution in [1.82, 2.24) is 20.0 Å². The molecule has 142 valence electrons. The summed E-state index contributed by atoms with van der Waals surface area (Å²) in [4.78, 5) is 30.5. The van der Waals surface area contributed by atoms with Gasteiger partial charge in [0.25, 0.3) is 0 Å². The first-order valence-electron chi connectivity index (χ1n) is 9.22. The first-order chi connectivity index (χ1) is 12.6. The Morgan fingerprint density at radius 3 is 2.62 bits per heavy atom. The van der Waals surface area contributed by atoms with Crippen LogP contribution in [0, 0.1) is 0 Å². The van der Waals surface area contributed by atoms with Crippen molar-refractivity contribution >= 4 is 12.1 Å². The van der Waals surface area contributed by atoms with Crippen LogP contribution in [0.5, 0.6) is 0 Å². The van der Waals surface area contributed by atoms with Crippen LogP contribution in [0.4, 0.5) is 9.59 Å². The van der Waals surface area contributed by atoms with Crippen LogP contribution in [0.2, 0.25) is 0 Å². The number of carbonyl (C=O) groups excluding carboxylic acids is 2. The maximum atomic E-state index is 13.0. The first kappa shape index (κ1) is 18.5.